The first-order valence-corrected chi connectivity index (χ1v) is 5.96. The van der Waals surface area contributed by atoms with Gasteiger partial charge in [0.2, 0.25) is 0 Å². The molecular formula is C12H25NO2. The first-order chi connectivity index (χ1) is 7.01. The molecule has 0 spiro atoms. The molecule has 0 aromatic carbocycles. The Hall–Kier alpha value is -0.120. The average molecular weight is 215 g/mol. The zero-order valence-electron chi connectivity index (χ0n) is 10.3. The topological polar surface area (TPSA) is 41.5 Å². The van der Waals surface area contributed by atoms with Gasteiger partial charge in [-0.15, -0.1) is 0 Å². The van der Waals surface area contributed by atoms with E-state index in [0.29, 0.717) is 18.1 Å². The smallest absolute Gasteiger partial charge is 0.0642 e. The predicted molar refractivity (Wildman–Crippen MR) is 61.9 cm³/mol. The highest BCUT2D eigenvalue weighted by atomic mass is 16.5. The monoisotopic (exact) mass is 215 g/mol. The summed E-state index contributed by atoms with van der Waals surface area (Å²) in [5, 5.41) is 12.5. The molecule has 1 aliphatic carbocycles. The van der Waals surface area contributed by atoms with Gasteiger partial charge in [-0.25, -0.2) is 0 Å². The van der Waals surface area contributed by atoms with E-state index in [1.165, 1.54) is 12.8 Å². The van der Waals surface area contributed by atoms with E-state index in [2.05, 4.69) is 26.1 Å². The molecule has 1 atom stereocenters. The Morgan fingerprint density at radius 2 is 2.07 bits per heavy atom. The third kappa shape index (κ3) is 6.88. The van der Waals surface area contributed by atoms with Crippen LogP contribution in [0.3, 0.4) is 0 Å². The minimum Gasteiger partial charge on any atom is -0.395 e. The summed E-state index contributed by atoms with van der Waals surface area (Å²) in [6.07, 6.45) is 3.56. The largest absolute Gasteiger partial charge is 0.395 e. The summed E-state index contributed by atoms with van der Waals surface area (Å²) in [6.45, 7) is 8.22. The highest BCUT2D eigenvalue weighted by molar-refractivity contribution is 4.84. The lowest BCUT2D eigenvalue weighted by molar-refractivity contribution is 0.0722. The fourth-order valence-corrected chi connectivity index (χ4v) is 1.34. The molecule has 1 fully saturated rings. The molecular weight excluding hydrogens is 190 g/mol. The van der Waals surface area contributed by atoms with Gasteiger partial charge in [0.05, 0.1) is 19.3 Å². The van der Waals surface area contributed by atoms with Crippen LogP contribution < -0.4 is 5.32 Å². The van der Waals surface area contributed by atoms with Crippen LogP contribution in [0.15, 0.2) is 0 Å². The Balaban J connectivity index is 2.01. The van der Waals surface area contributed by atoms with Gasteiger partial charge in [0, 0.05) is 12.6 Å². The Labute approximate surface area is 93.2 Å². The number of nitrogens with one attached hydrogen (secondary N) is 1. The van der Waals surface area contributed by atoms with Crippen molar-refractivity contribution >= 4 is 0 Å². The second-order valence-electron chi connectivity index (χ2n) is 5.71. The molecule has 0 radical (unpaired) electrons. The van der Waals surface area contributed by atoms with Crippen LogP contribution in [0.1, 0.15) is 40.0 Å². The van der Waals surface area contributed by atoms with Crippen molar-refractivity contribution in [1.29, 1.82) is 0 Å². The molecule has 0 saturated heterocycles. The molecule has 2 N–H and O–H groups in total. The highest BCUT2D eigenvalue weighted by Crippen LogP contribution is 2.20. The minimum absolute atomic E-state index is 0.123. The van der Waals surface area contributed by atoms with E-state index in [0.717, 1.165) is 13.0 Å². The SMILES string of the molecule is CC(C)(C)CCOCC(CO)NC1CC1. The fourth-order valence-electron chi connectivity index (χ4n) is 1.34. The van der Waals surface area contributed by atoms with Crippen molar-refractivity contribution in [3.63, 3.8) is 0 Å². The molecule has 90 valence electrons. The molecule has 1 aliphatic rings. The maximum atomic E-state index is 9.12. The van der Waals surface area contributed by atoms with Gasteiger partial charge in [-0.05, 0) is 24.7 Å². The van der Waals surface area contributed by atoms with Crippen molar-refractivity contribution in [3.8, 4) is 0 Å². The van der Waals surface area contributed by atoms with Crippen LogP contribution in [0.4, 0.5) is 0 Å². The van der Waals surface area contributed by atoms with Gasteiger partial charge in [0.1, 0.15) is 0 Å². The Morgan fingerprint density at radius 1 is 1.40 bits per heavy atom. The first kappa shape index (κ1) is 12.9. The van der Waals surface area contributed by atoms with Crippen molar-refractivity contribution < 1.29 is 9.84 Å². The van der Waals surface area contributed by atoms with Crippen molar-refractivity contribution in [2.75, 3.05) is 19.8 Å². The molecule has 0 heterocycles. The summed E-state index contributed by atoms with van der Waals surface area (Å²) < 4.78 is 5.57. The number of aliphatic hydroxyl groups is 1. The summed E-state index contributed by atoms with van der Waals surface area (Å²) in [7, 11) is 0. The van der Waals surface area contributed by atoms with Gasteiger partial charge in [-0.2, -0.15) is 0 Å². The Kier molecular flexibility index (Phi) is 5.03. The molecule has 0 aliphatic heterocycles. The van der Waals surface area contributed by atoms with E-state index in [1.54, 1.807) is 0 Å². The van der Waals surface area contributed by atoms with Gasteiger partial charge in [-0.3, -0.25) is 0 Å². The molecule has 0 aromatic heterocycles. The summed E-state index contributed by atoms with van der Waals surface area (Å²) in [5.41, 5.74) is 0.332. The zero-order chi connectivity index (χ0) is 11.3. The third-order valence-corrected chi connectivity index (χ3v) is 2.58. The van der Waals surface area contributed by atoms with Crippen LogP contribution in [-0.2, 0) is 4.74 Å². The van der Waals surface area contributed by atoms with Crippen LogP contribution >= 0.6 is 0 Å². The average Bonchev–Trinajstić information content (AvgIpc) is 2.92. The molecule has 1 rings (SSSR count). The number of ether oxygens (including phenoxy) is 1. The van der Waals surface area contributed by atoms with Crippen LogP contribution in [0.5, 0.6) is 0 Å². The van der Waals surface area contributed by atoms with E-state index in [1.807, 2.05) is 0 Å². The van der Waals surface area contributed by atoms with Crippen molar-refractivity contribution in [2.24, 2.45) is 5.41 Å². The number of aliphatic hydroxyl groups excluding tert-OH is 1. The van der Waals surface area contributed by atoms with E-state index >= 15 is 0 Å². The standard InChI is InChI=1S/C12H25NO2/c1-12(2,3)6-7-15-9-11(8-14)13-10-4-5-10/h10-11,13-14H,4-9H2,1-3H3. The van der Waals surface area contributed by atoms with Gasteiger partial charge < -0.3 is 15.2 Å². The zero-order valence-corrected chi connectivity index (χ0v) is 10.3. The molecule has 15 heavy (non-hydrogen) atoms. The van der Waals surface area contributed by atoms with Crippen molar-refractivity contribution in [3.05, 3.63) is 0 Å². The molecule has 0 amide bonds. The van der Waals surface area contributed by atoms with Gasteiger partial charge in [0.15, 0.2) is 0 Å². The second-order valence-corrected chi connectivity index (χ2v) is 5.71. The molecule has 1 unspecified atom stereocenters. The fraction of sp³-hybridized carbons (Fsp3) is 1.00. The van der Waals surface area contributed by atoms with Crippen LogP contribution in [0.2, 0.25) is 0 Å². The first-order valence-electron chi connectivity index (χ1n) is 5.96. The summed E-state index contributed by atoms with van der Waals surface area (Å²) in [6, 6.07) is 0.755. The van der Waals surface area contributed by atoms with E-state index in [4.69, 9.17) is 9.84 Å². The van der Waals surface area contributed by atoms with Crippen LogP contribution in [0.25, 0.3) is 0 Å². The van der Waals surface area contributed by atoms with E-state index in [9.17, 15) is 0 Å². The van der Waals surface area contributed by atoms with E-state index < -0.39 is 0 Å². The second kappa shape index (κ2) is 5.83. The van der Waals surface area contributed by atoms with E-state index in [-0.39, 0.29) is 12.6 Å². The number of hydrogen-bond donors (Lipinski definition) is 2. The highest BCUT2D eigenvalue weighted by Gasteiger charge is 2.24. The third-order valence-electron chi connectivity index (χ3n) is 2.58. The Bertz CT molecular complexity index is 173. The molecule has 1 saturated carbocycles. The van der Waals surface area contributed by atoms with Crippen molar-refractivity contribution in [1.82, 2.24) is 5.32 Å². The molecule has 3 heteroatoms. The maximum Gasteiger partial charge on any atom is 0.0642 e. The lowest BCUT2D eigenvalue weighted by Gasteiger charge is -2.20. The molecule has 3 nitrogen and oxygen atoms in total. The normalized spacial score (nSPS) is 19.2. The van der Waals surface area contributed by atoms with Crippen LogP contribution in [-0.4, -0.2) is 37.0 Å². The lowest BCUT2D eigenvalue weighted by Crippen LogP contribution is -2.38. The maximum absolute atomic E-state index is 9.12. The number of rotatable bonds is 7. The predicted octanol–water partition coefficient (Wildman–Crippen LogP) is 1.55. The van der Waals surface area contributed by atoms with Crippen molar-refractivity contribution in [2.45, 2.75) is 52.1 Å². The van der Waals surface area contributed by atoms with Crippen LogP contribution in [0, 0.1) is 5.41 Å². The van der Waals surface area contributed by atoms with Gasteiger partial charge in [-0.1, -0.05) is 20.8 Å². The lowest BCUT2D eigenvalue weighted by atomic mass is 9.93. The minimum atomic E-state index is 0.123. The van der Waals surface area contributed by atoms with Gasteiger partial charge in [0.25, 0.3) is 0 Å². The summed E-state index contributed by atoms with van der Waals surface area (Å²) >= 11 is 0. The quantitative estimate of drug-likeness (QED) is 0.633. The summed E-state index contributed by atoms with van der Waals surface area (Å²) in [5.74, 6) is 0. The molecule has 0 aromatic rings. The molecule has 0 bridgehead atoms. The summed E-state index contributed by atoms with van der Waals surface area (Å²) in [4.78, 5) is 0. The number of hydrogen-bond acceptors (Lipinski definition) is 3. The van der Waals surface area contributed by atoms with Gasteiger partial charge >= 0.3 is 0 Å². The Morgan fingerprint density at radius 3 is 2.53 bits per heavy atom.